The molecule has 10 heavy (non-hydrogen) atoms. The van der Waals surface area contributed by atoms with Crippen LogP contribution in [-0.2, 0) is 0 Å². The van der Waals surface area contributed by atoms with E-state index in [1.165, 1.54) is 18.0 Å². The maximum atomic E-state index is 6.75. The summed E-state index contributed by atoms with van der Waals surface area (Å²) in [4.78, 5) is 1.50. The number of hydrogen-bond acceptors (Lipinski definition) is 0. The van der Waals surface area contributed by atoms with Gasteiger partial charge in [-0.05, 0) is 13.8 Å². The summed E-state index contributed by atoms with van der Waals surface area (Å²) >= 11 is 0. The molecule has 0 fully saturated rings. The fraction of sp³-hybridized carbons (Fsp3) is 1.00. The summed E-state index contributed by atoms with van der Waals surface area (Å²) in [6, 6.07) is 0. The van der Waals surface area contributed by atoms with Crippen molar-refractivity contribution in [2.75, 3.05) is 27.2 Å². The van der Waals surface area contributed by atoms with Gasteiger partial charge in [-0.15, -0.1) is 0 Å². The first-order valence-electron chi connectivity index (χ1n) is 3.34. The molecule has 0 radical (unpaired) electrons. The Morgan fingerprint density at radius 1 is 1.10 bits per heavy atom. The fourth-order valence-electron chi connectivity index (χ4n) is 0.224. The molecule has 0 bridgehead atoms. The highest BCUT2D eigenvalue weighted by molar-refractivity contribution is 4.36. The van der Waals surface area contributed by atoms with Gasteiger partial charge >= 0.3 is 0 Å². The molecule has 0 aromatic rings. The molecular formula is C6H16N4. The van der Waals surface area contributed by atoms with E-state index in [2.05, 4.69) is 27.9 Å². The van der Waals surface area contributed by atoms with Crippen LogP contribution in [0.1, 0.15) is 13.8 Å². The van der Waals surface area contributed by atoms with Crippen LogP contribution < -0.4 is 0 Å². The maximum absolute atomic E-state index is 6.75. The summed E-state index contributed by atoms with van der Waals surface area (Å²) in [5, 5.41) is 0. The lowest BCUT2D eigenvalue weighted by atomic mass is 10.5. The highest BCUT2D eigenvalue weighted by atomic mass is 15.3. The molecule has 0 aliphatic heterocycles. The van der Waals surface area contributed by atoms with Crippen LogP contribution in [-0.4, -0.2) is 31.7 Å². The molecule has 60 valence electrons. The van der Waals surface area contributed by atoms with Gasteiger partial charge in [0.1, 0.15) is 0 Å². The molecule has 0 aromatic carbocycles. The highest BCUT2D eigenvalue weighted by Gasteiger charge is 2.04. The van der Waals surface area contributed by atoms with Gasteiger partial charge in [-0.3, -0.25) is 4.91 Å². The molecule has 4 nitrogen and oxygen atoms in total. The predicted octanol–water partition coefficient (Wildman–Crippen LogP) is 1.97. The van der Waals surface area contributed by atoms with Crippen LogP contribution in [0.3, 0.4) is 0 Å². The van der Waals surface area contributed by atoms with Gasteiger partial charge in [0.15, 0.2) is 0 Å². The number of nitrogens with zero attached hydrogens (tertiary/aromatic N) is 4. The third kappa shape index (κ3) is 10.3. The summed E-state index contributed by atoms with van der Waals surface area (Å²) in [5.41, 5.74) is 13.5. The van der Waals surface area contributed by atoms with E-state index < -0.39 is 0 Å². The Labute approximate surface area is 62.5 Å². The van der Waals surface area contributed by atoms with Crippen molar-refractivity contribution >= 4 is 0 Å². The van der Waals surface area contributed by atoms with Gasteiger partial charge in [0.05, 0.1) is 27.2 Å². The molecule has 0 heterocycles. The van der Waals surface area contributed by atoms with E-state index in [4.69, 9.17) is 11.1 Å². The second kappa shape index (κ2) is 6.39. The van der Waals surface area contributed by atoms with E-state index in [-0.39, 0.29) is 0 Å². The summed E-state index contributed by atoms with van der Waals surface area (Å²) in [6.45, 7) is 6.89. The molecule has 0 rings (SSSR count). The third-order valence-corrected chi connectivity index (χ3v) is 1.71. The monoisotopic (exact) mass is 144 g/mol. The second-order valence-corrected chi connectivity index (χ2v) is 2.66. The maximum Gasteiger partial charge on any atom is 0.0753 e. The largest absolute Gasteiger partial charge is 0.373 e. The minimum atomic E-state index is 1.14. The standard InChI is InChI=1S/C6H16N.N3/c1-5-7(3,4)6-2;1-3-2/h5-6H2,1-4H3;/q+1;-1. The average molecular weight is 144 g/mol. The Morgan fingerprint density at radius 2 is 1.30 bits per heavy atom. The molecule has 0 amide bonds. The van der Waals surface area contributed by atoms with Gasteiger partial charge in [0.25, 0.3) is 0 Å². The van der Waals surface area contributed by atoms with Crippen molar-refractivity contribution in [3.8, 4) is 0 Å². The Hall–Kier alpha value is -0.730. The normalized spacial score (nSPS) is 9.20. The van der Waals surface area contributed by atoms with Gasteiger partial charge in [-0.1, -0.05) is 0 Å². The second-order valence-electron chi connectivity index (χ2n) is 2.66. The van der Waals surface area contributed by atoms with Crippen molar-refractivity contribution in [1.82, 2.24) is 0 Å². The quantitative estimate of drug-likeness (QED) is 0.246. The minimum absolute atomic E-state index is 1.14. The first kappa shape index (κ1) is 12.0. The smallest absolute Gasteiger partial charge is 0.0753 e. The van der Waals surface area contributed by atoms with Crippen molar-refractivity contribution in [2.45, 2.75) is 13.8 Å². The van der Waals surface area contributed by atoms with Gasteiger partial charge in [0, 0.05) is 0 Å². The zero-order chi connectivity index (χ0) is 8.62. The first-order chi connectivity index (χ1) is 4.54. The Kier molecular flexibility index (Phi) is 7.67. The van der Waals surface area contributed by atoms with Gasteiger partial charge in [0.2, 0.25) is 0 Å². The Morgan fingerprint density at radius 3 is 1.30 bits per heavy atom. The third-order valence-electron chi connectivity index (χ3n) is 1.71. The van der Waals surface area contributed by atoms with Crippen LogP contribution in [0.5, 0.6) is 0 Å². The molecule has 0 N–H and O–H groups in total. The van der Waals surface area contributed by atoms with Crippen molar-refractivity contribution in [3.05, 3.63) is 16.0 Å². The van der Waals surface area contributed by atoms with Crippen molar-refractivity contribution in [2.24, 2.45) is 0 Å². The molecular weight excluding hydrogens is 128 g/mol. The molecule has 0 saturated carbocycles. The van der Waals surface area contributed by atoms with E-state index in [0.29, 0.717) is 0 Å². The van der Waals surface area contributed by atoms with Gasteiger partial charge in [-0.2, -0.15) is 0 Å². The van der Waals surface area contributed by atoms with Crippen LogP contribution >= 0.6 is 0 Å². The molecule has 0 aliphatic carbocycles. The number of rotatable bonds is 2. The molecule has 0 aromatic heterocycles. The predicted molar refractivity (Wildman–Crippen MR) is 43.3 cm³/mol. The van der Waals surface area contributed by atoms with Crippen LogP contribution in [0.25, 0.3) is 16.0 Å². The molecule has 0 spiro atoms. The Bertz CT molecular complexity index is 96.3. The zero-order valence-electron chi connectivity index (χ0n) is 7.20. The van der Waals surface area contributed by atoms with Crippen molar-refractivity contribution in [3.63, 3.8) is 0 Å². The lowest BCUT2D eigenvalue weighted by Crippen LogP contribution is -2.38. The van der Waals surface area contributed by atoms with Crippen LogP contribution in [0.2, 0.25) is 0 Å². The van der Waals surface area contributed by atoms with Gasteiger partial charge < -0.3 is 15.5 Å². The lowest BCUT2D eigenvalue weighted by Gasteiger charge is -2.25. The molecule has 0 atom stereocenters. The molecule has 0 saturated heterocycles. The summed E-state index contributed by atoms with van der Waals surface area (Å²) in [7, 11) is 4.47. The summed E-state index contributed by atoms with van der Waals surface area (Å²) < 4.78 is 1.14. The van der Waals surface area contributed by atoms with E-state index >= 15 is 0 Å². The number of hydrogen-bond donors (Lipinski definition) is 0. The van der Waals surface area contributed by atoms with Gasteiger partial charge in [-0.25, -0.2) is 0 Å². The van der Waals surface area contributed by atoms with Crippen molar-refractivity contribution in [1.29, 1.82) is 0 Å². The molecule has 0 aliphatic rings. The van der Waals surface area contributed by atoms with Crippen LogP contribution in [0, 0.1) is 0 Å². The van der Waals surface area contributed by atoms with Crippen molar-refractivity contribution < 1.29 is 4.48 Å². The summed E-state index contributed by atoms with van der Waals surface area (Å²) in [5.74, 6) is 0. The highest BCUT2D eigenvalue weighted by Crippen LogP contribution is 1.91. The topological polar surface area (TPSA) is 58.7 Å². The lowest BCUT2D eigenvalue weighted by molar-refractivity contribution is -0.886. The van der Waals surface area contributed by atoms with Crippen LogP contribution in [0.4, 0.5) is 0 Å². The minimum Gasteiger partial charge on any atom is -0.373 e. The molecule has 0 unspecified atom stereocenters. The average Bonchev–Trinajstić information content (AvgIpc) is 1.90. The zero-order valence-corrected chi connectivity index (χ0v) is 7.20. The van der Waals surface area contributed by atoms with E-state index in [1.54, 1.807) is 0 Å². The first-order valence-corrected chi connectivity index (χ1v) is 3.34. The fourth-order valence-corrected chi connectivity index (χ4v) is 0.224. The number of quaternary nitrogens is 1. The molecule has 4 heteroatoms. The van der Waals surface area contributed by atoms with Crippen LogP contribution in [0.15, 0.2) is 0 Å². The van der Waals surface area contributed by atoms with E-state index in [9.17, 15) is 0 Å². The van der Waals surface area contributed by atoms with E-state index in [1.807, 2.05) is 0 Å². The SMILES string of the molecule is CC[N+](C)(C)CC.[N-]=[N+]=[N-]. The summed E-state index contributed by atoms with van der Waals surface area (Å²) in [6.07, 6.45) is 0. The Balaban J connectivity index is 0. The van der Waals surface area contributed by atoms with E-state index in [0.717, 1.165) is 4.48 Å².